The van der Waals surface area contributed by atoms with Gasteiger partial charge in [0.15, 0.2) is 0 Å². The molecule has 0 saturated heterocycles. The first kappa shape index (κ1) is 19.4. The van der Waals surface area contributed by atoms with E-state index in [1.54, 1.807) is 23.3 Å². The highest BCUT2D eigenvalue weighted by Gasteiger charge is 2.25. The van der Waals surface area contributed by atoms with Crippen molar-refractivity contribution in [3.63, 3.8) is 0 Å². The number of rotatable bonds is 5. The van der Waals surface area contributed by atoms with Crippen LogP contribution in [-0.4, -0.2) is 37.4 Å². The Labute approximate surface area is 160 Å². The Balaban J connectivity index is 1.65. The van der Waals surface area contributed by atoms with E-state index in [2.05, 4.69) is 35.7 Å². The Bertz CT molecular complexity index is 912. The van der Waals surface area contributed by atoms with E-state index in [0.29, 0.717) is 23.9 Å². The first-order chi connectivity index (χ1) is 12.7. The van der Waals surface area contributed by atoms with E-state index in [-0.39, 0.29) is 17.7 Å². The van der Waals surface area contributed by atoms with Gasteiger partial charge < -0.3 is 10.2 Å². The molecule has 0 aromatic heterocycles. The first-order valence-corrected chi connectivity index (χ1v) is 10.7. The molecule has 6 nitrogen and oxygen atoms in total. The van der Waals surface area contributed by atoms with Crippen LogP contribution in [0.25, 0.3) is 0 Å². The van der Waals surface area contributed by atoms with Gasteiger partial charge in [0.2, 0.25) is 0 Å². The lowest BCUT2D eigenvalue weighted by atomic mass is 10.00. The second kappa shape index (κ2) is 7.68. The molecular formula is C20H25N3O3S. The lowest BCUT2D eigenvalue weighted by molar-refractivity contribution is -0.117. The SMILES string of the molecule is CC(C)Cc1ccc(C(C)NC(=O)C2=CN3CCS(=O)(=O)N=C3C=C2)cc1. The summed E-state index contributed by atoms with van der Waals surface area (Å²) >= 11 is 0. The zero-order valence-electron chi connectivity index (χ0n) is 15.8. The Morgan fingerprint density at radius 1 is 1.19 bits per heavy atom. The Hall–Kier alpha value is -2.41. The number of nitrogens with zero attached hydrogens (tertiary/aromatic N) is 2. The maximum Gasteiger partial charge on any atom is 0.256 e. The van der Waals surface area contributed by atoms with Crippen LogP contribution in [0.3, 0.4) is 0 Å². The Morgan fingerprint density at radius 3 is 2.56 bits per heavy atom. The molecule has 0 spiro atoms. The van der Waals surface area contributed by atoms with Gasteiger partial charge >= 0.3 is 0 Å². The molecule has 1 aromatic rings. The summed E-state index contributed by atoms with van der Waals surface area (Å²) in [6.45, 7) is 6.63. The summed E-state index contributed by atoms with van der Waals surface area (Å²) in [4.78, 5) is 14.3. The number of nitrogens with one attached hydrogen (secondary N) is 1. The van der Waals surface area contributed by atoms with Crippen LogP contribution in [0.4, 0.5) is 0 Å². The highest BCUT2D eigenvalue weighted by molar-refractivity contribution is 7.90. The third-order valence-electron chi connectivity index (χ3n) is 4.56. The molecule has 2 heterocycles. The van der Waals surface area contributed by atoms with Crippen LogP contribution in [-0.2, 0) is 21.2 Å². The van der Waals surface area contributed by atoms with Crippen molar-refractivity contribution in [2.45, 2.75) is 33.2 Å². The van der Waals surface area contributed by atoms with Gasteiger partial charge in [0, 0.05) is 12.7 Å². The van der Waals surface area contributed by atoms with Crippen LogP contribution in [0.5, 0.6) is 0 Å². The van der Waals surface area contributed by atoms with Crippen molar-refractivity contribution in [2.24, 2.45) is 10.3 Å². The average Bonchev–Trinajstić information content (AvgIpc) is 2.60. The van der Waals surface area contributed by atoms with Crippen molar-refractivity contribution in [3.05, 3.63) is 59.3 Å². The Kier molecular flexibility index (Phi) is 5.51. The van der Waals surface area contributed by atoms with Gasteiger partial charge in [0.1, 0.15) is 5.84 Å². The van der Waals surface area contributed by atoms with E-state index in [1.165, 1.54) is 5.56 Å². The van der Waals surface area contributed by atoms with E-state index < -0.39 is 10.0 Å². The third-order valence-corrected chi connectivity index (χ3v) is 5.72. The molecule has 0 aliphatic carbocycles. The molecule has 1 atom stereocenters. The molecule has 0 radical (unpaired) electrons. The number of fused-ring (bicyclic) bond motifs is 1. The molecule has 0 fully saturated rings. The highest BCUT2D eigenvalue weighted by Crippen LogP contribution is 2.19. The van der Waals surface area contributed by atoms with Crippen LogP contribution in [0, 0.1) is 5.92 Å². The van der Waals surface area contributed by atoms with Gasteiger partial charge in [-0.1, -0.05) is 38.1 Å². The van der Waals surface area contributed by atoms with Crippen molar-refractivity contribution >= 4 is 21.8 Å². The van der Waals surface area contributed by atoms with Gasteiger partial charge in [0.25, 0.3) is 15.9 Å². The van der Waals surface area contributed by atoms with Crippen LogP contribution in [0.1, 0.15) is 37.9 Å². The quantitative estimate of drug-likeness (QED) is 0.842. The van der Waals surface area contributed by atoms with Crippen molar-refractivity contribution < 1.29 is 13.2 Å². The third kappa shape index (κ3) is 4.86. The number of hydrogen-bond acceptors (Lipinski definition) is 4. The van der Waals surface area contributed by atoms with E-state index >= 15 is 0 Å². The minimum Gasteiger partial charge on any atom is -0.345 e. The summed E-state index contributed by atoms with van der Waals surface area (Å²) < 4.78 is 26.8. The molecule has 3 rings (SSSR count). The fraction of sp³-hybridized carbons (Fsp3) is 0.400. The van der Waals surface area contributed by atoms with E-state index in [0.717, 1.165) is 12.0 Å². The molecule has 2 aliphatic rings. The predicted octanol–water partition coefficient (Wildman–Crippen LogP) is 2.56. The standard InChI is InChI=1S/C20H25N3O3S/c1-14(2)12-16-4-6-17(7-5-16)15(3)21-20(24)18-8-9-19-22-27(25,26)11-10-23(19)13-18/h4-9,13-15H,10-12H2,1-3H3,(H,21,24). The van der Waals surface area contributed by atoms with Gasteiger partial charge in [-0.15, -0.1) is 4.40 Å². The number of benzene rings is 1. The topological polar surface area (TPSA) is 78.8 Å². The minimum absolute atomic E-state index is 0.0468. The van der Waals surface area contributed by atoms with Gasteiger partial charge in [0.05, 0.1) is 17.4 Å². The molecule has 7 heteroatoms. The zero-order valence-corrected chi connectivity index (χ0v) is 16.7. The normalized spacial score (nSPS) is 19.2. The first-order valence-electron chi connectivity index (χ1n) is 9.12. The van der Waals surface area contributed by atoms with E-state index in [1.807, 2.05) is 19.1 Å². The minimum atomic E-state index is -3.39. The summed E-state index contributed by atoms with van der Waals surface area (Å²) in [7, 11) is -3.39. The Morgan fingerprint density at radius 2 is 1.89 bits per heavy atom. The van der Waals surface area contributed by atoms with Gasteiger partial charge in [-0.3, -0.25) is 4.79 Å². The largest absolute Gasteiger partial charge is 0.345 e. The molecule has 0 bridgehead atoms. The van der Waals surface area contributed by atoms with Crippen molar-refractivity contribution in [3.8, 4) is 0 Å². The van der Waals surface area contributed by atoms with E-state index in [9.17, 15) is 13.2 Å². The van der Waals surface area contributed by atoms with Crippen LogP contribution in [0.2, 0.25) is 0 Å². The van der Waals surface area contributed by atoms with Crippen LogP contribution in [0.15, 0.2) is 52.6 Å². The van der Waals surface area contributed by atoms with E-state index in [4.69, 9.17) is 0 Å². The van der Waals surface area contributed by atoms with Gasteiger partial charge in [-0.05, 0) is 42.5 Å². The summed E-state index contributed by atoms with van der Waals surface area (Å²) in [6, 6.07) is 8.18. The predicted molar refractivity (Wildman–Crippen MR) is 107 cm³/mol. The molecule has 1 aromatic carbocycles. The monoisotopic (exact) mass is 387 g/mol. The van der Waals surface area contributed by atoms with Crippen molar-refractivity contribution in [2.75, 3.05) is 12.3 Å². The maximum atomic E-state index is 12.6. The number of hydrogen-bond donors (Lipinski definition) is 1. The average molecular weight is 388 g/mol. The number of sulfonamides is 1. The second-order valence-electron chi connectivity index (χ2n) is 7.38. The number of carbonyl (C=O) groups excluding carboxylic acids is 1. The summed E-state index contributed by atoms with van der Waals surface area (Å²) in [5.74, 6) is 0.717. The number of carbonyl (C=O) groups is 1. The van der Waals surface area contributed by atoms with Gasteiger partial charge in [-0.2, -0.15) is 0 Å². The molecular weight excluding hydrogens is 362 g/mol. The summed E-state index contributed by atoms with van der Waals surface area (Å²) in [5, 5.41) is 2.99. The lowest BCUT2D eigenvalue weighted by Crippen LogP contribution is -2.38. The highest BCUT2D eigenvalue weighted by atomic mass is 32.2. The molecule has 144 valence electrons. The summed E-state index contributed by atoms with van der Waals surface area (Å²) in [6.07, 6.45) is 5.86. The fourth-order valence-electron chi connectivity index (χ4n) is 3.11. The molecule has 1 N–H and O–H groups in total. The van der Waals surface area contributed by atoms with Crippen molar-refractivity contribution in [1.82, 2.24) is 10.2 Å². The van der Waals surface area contributed by atoms with Gasteiger partial charge in [-0.25, -0.2) is 8.42 Å². The fourth-order valence-corrected chi connectivity index (χ4v) is 4.08. The molecule has 27 heavy (non-hydrogen) atoms. The van der Waals surface area contributed by atoms with Crippen molar-refractivity contribution in [1.29, 1.82) is 0 Å². The molecule has 1 amide bonds. The van der Waals surface area contributed by atoms with Crippen LogP contribution >= 0.6 is 0 Å². The zero-order chi connectivity index (χ0) is 19.6. The number of amides is 1. The molecule has 0 saturated carbocycles. The number of amidine groups is 1. The maximum absolute atomic E-state index is 12.6. The van der Waals surface area contributed by atoms with Crippen LogP contribution < -0.4 is 5.32 Å². The second-order valence-corrected chi connectivity index (χ2v) is 9.14. The lowest BCUT2D eigenvalue weighted by Gasteiger charge is -2.27. The smallest absolute Gasteiger partial charge is 0.256 e. The molecule has 2 aliphatic heterocycles. The summed E-state index contributed by atoms with van der Waals surface area (Å²) in [5.41, 5.74) is 2.82. The molecule has 1 unspecified atom stereocenters.